The number of carbonyl (C=O) groups excluding carboxylic acids is 1. The molecule has 1 spiro atoms. The van der Waals surface area contributed by atoms with Crippen LogP contribution < -0.4 is 5.32 Å². The van der Waals surface area contributed by atoms with Gasteiger partial charge in [0.2, 0.25) is 0 Å². The van der Waals surface area contributed by atoms with Crippen molar-refractivity contribution in [2.24, 2.45) is 5.92 Å². The molecule has 3 rings (SSSR count). The average Bonchev–Trinajstić information content (AvgIpc) is 2.93. The Balaban J connectivity index is 1.59. The molecule has 2 N–H and O–H groups in total. The van der Waals surface area contributed by atoms with Gasteiger partial charge in [-0.15, -0.1) is 0 Å². The third-order valence-corrected chi connectivity index (χ3v) is 4.75. The van der Waals surface area contributed by atoms with Crippen LogP contribution in [-0.4, -0.2) is 35.2 Å². The van der Waals surface area contributed by atoms with Gasteiger partial charge in [0.1, 0.15) is 0 Å². The molecule has 1 aromatic heterocycles. The zero-order valence-corrected chi connectivity index (χ0v) is 12.6. The molecule has 2 heterocycles. The topological polar surface area (TPSA) is 88.8 Å². The van der Waals surface area contributed by atoms with Crippen LogP contribution in [0.15, 0.2) is 16.7 Å². The smallest absolute Gasteiger partial charge is 0.306 e. The molecule has 1 unspecified atom stereocenters. The number of hydrogen-bond donors (Lipinski definition) is 2. The second-order valence-corrected chi connectivity index (χ2v) is 6.27. The Hall–Kier alpha value is -1.82. The Morgan fingerprint density at radius 3 is 2.86 bits per heavy atom. The van der Waals surface area contributed by atoms with Gasteiger partial charge in [-0.05, 0) is 38.2 Å². The van der Waals surface area contributed by atoms with E-state index in [4.69, 9.17) is 14.3 Å². The Labute approximate surface area is 128 Å². The van der Waals surface area contributed by atoms with E-state index in [1.54, 1.807) is 0 Å². The molecule has 0 bridgehead atoms. The molecule has 1 saturated heterocycles. The number of rotatable bonds is 4. The number of furan rings is 1. The first-order valence-corrected chi connectivity index (χ1v) is 7.77. The van der Waals surface area contributed by atoms with Crippen molar-refractivity contribution >= 4 is 11.9 Å². The minimum Gasteiger partial charge on any atom is -0.481 e. The number of carbonyl (C=O) groups is 2. The molecule has 2 fully saturated rings. The summed E-state index contributed by atoms with van der Waals surface area (Å²) in [6, 6.07) is 1.81. The first-order chi connectivity index (χ1) is 10.5. The lowest BCUT2D eigenvalue weighted by atomic mass is 9.66. The predicted octanol–water partition coefficient (Wildman–Crippen LogP) is 1.98. The summed E-state index contributed by atoms with van der Waals surface area (Å²) < 4.78 is 11.1. The van der Waals surface area contributed by atoms with Gasteiger partial charge in [-0.1, -0.05) is 6.92 Å². The highest BCUT2D eigenvalue weighted by Crippen LogP contribution is 2.46. The molecule has 1 atom stereocenters. The minimum atomic E-state index is -0.761. The summed E-state index contributed by atoms with van der Waals surface area (Å²) in [6.45, 7) is 2.53. The summed E-state index contributed by atoms with van der Waals surface area (Å²) in [5.41, 5.74) is 0.532. The highest BCUT2D eigenvalue weighted by Gasteiger charge is 2.51. The van der Waals surface area contributed by atoms with Crippen LogP contribution >= 0.6 is 0 Å². The molecular formula is C16H21NO5. The zero-order valence-electron chi connectivity index (χ0n) is 12.6. The van der Waals surface area contributed by atoms with E-state index < -0.39 is 5.97 Å². The summed E-state index contributed by atoms with van der Waals surface area (Å²) >= 11 is 0. The van der Waals surface area contributed by atoms with Crippen LogP contribution in [0.4, 0.5) is 0 Å². The van der Waals surface area contributed by atoms with Crippen LogP contribution in [0, 0.1) is 5.92 Å². The first-order valence-electron chi connectivity index (χ1n) is 7.77. The molecule has 120 valence electrons. The molecular weight excluding hydrogens is 286 g/mol. The van der Waals surface area contributed by atoms with Gasteiger partial charge in [-0.3, -0.25) is 9.59 Å². The van der Waals surface area contributed by atoms with Crippen molar-refractivity contribution in [2.75, 3.05) is 6.61 Å². The Morgan fingerprint density at radius 2 is 2.18 bits per heavy atom. The number of nitrogens with one attached hydrogen (secondary N) is 1. The molecule has 1 aliphatic heterocycles. The fourth-order valence-electron chi connectivity index (χ4n) is 3.51. The second kappa shape index (κ2) is 5.76. The van der Waals surface area contributed by atoms with Gasteiger partial charge in [-0.2, -0.15) is 0 Å². The van der Waals surface area contributed by atoms with Crippen molar-refractivity contribution in [1.82, 2.24) is 5.32 Å². The lowest BCUT2D eigenvalue weighted by Gasteiger charge is -2.50. The molecule has 1 aliphatic carbocycles. The number of aliphatic carboxylic acids is 1. The van der Waals surface area contributed by atoms with Gasteiger partial charge in [-0.25, -0.2) is 0 Å². The van der Waals surface area contributed by atoms with Crippen LogP contribution in [0.25, 0.3) is 0 Å². The van der Waals surface area contributed by atoms with E-state index in [9.17, 15) is 9.59 Å². The number of amides is 1. The van der Waals surface area contributed by atoms with Crippen LogP contribution in [0.1, 0.15) is 48.7 Å². The summed E-state index contributed by atoms with van der Waals surface area (Å²) in [6.07, 6.45) is 4.77. The number of aryl methyl sites for hydroxylation is 1. The molecule has 0 radical (unpaired) electrons. The number of carboxylic acid groups (broad SMARTS) is 1. The van der Waals surface area contributed by atoms with Crippen LogP contribution in [0.3, 0.4) is 0 Å². The first kappa shape index (κ1) is 15.1. The van der Waals surface area contributed by atoms with E-state index in [1.165, 1.54) is 6.26 Å². The largest absolute Gasteiger partial charge is 0.481 e. The molecule has 22 heavy (non-hydrogen) atoms. The van der Waals surface area contributed by atoms with Crippen molar-refractivity contribution in [3.05, 3.63) is 23.7 Å². The SMILES string of the molecule is CCc1ccoc1C(=O)NC1CCOC2(C1)CC(C(=O)O)C2. The van der Waals surface area contributed by atoms with E-state index in [1.807, 2.05) is 13.0 Å². The standard InChI is InChI=1S/C16H21NO5/c1-2-10-3-5-21-13(10)14(18)17-12-4-6-22-16(9-12)7-11(8-16)15(19)20/h3,5,11-12H,2,4,6-9H2,1H3,(H,17,18)(H,19,20). The van der Waals surface area contributed by atoms with E-state index in [0.717, 1.165) is 18.4 Å². The van der Waals surface area contributed by atoms with Gasteiger partial charge >= 0.3 is 5.97 Å². The third-order valence-electron chi connectivity index (χ3n) is 4.75. The van der Waals surface area contributed by atoms with E-state index in [0.29, 0.717) is 31.6 Å². The fraction of sp³-hybridized carbons (Fsp3) is 0.625. The Bertz CT molecular complexity index is 573. The van der Waals surface area contributed by atoms with Crippen LogP contribution in [0.5, 0.6) is 0 Å². The molecule has 1 aromatic rings. The maximum absolute atomic E-state index is 12.3. The summed E-state index contributed by atoms with van der Waals surface area (Å²) in [5.74, 6) is -0.896. The lowest BCUT2D eigenvalue weighted by molar-refractivity contribution is -0.181. The Morgan fingerprint density at radius 1 is 1.41 bits per heavy atom. The summed E-state index contributed by atoms with van der Waals surface area (Å²) in [7, 11) is 0. The van der Waals surface area contributed by atoms with Crippen molar-refractivity contribution in [1.29, 1.82) is 0 Å². The zero-order chi connectivity index (χ0) is 15.7. The minimum absolute atomic E-state index is 0.00537. The third kappa shape index (κ3) is 2.75. The monoisotopic (exact) mass is 307 g/mol. The number of carboxylic acids is 1. The molecule has 6 nitrogen and oxygen atoms in total. The van der Waals surface area contributed by atoms with Crippen molar-refractivity contribution in [3.63, 3.8) is 0 Å². The van der Waals surface area contributed by atoms with Crippen molar-refractivity contribution < 1.29 is 23.8 Å². The van der Waals surface area contributed by atoms with Gasteiger partial charge in [0, 0.05) is 18.2 Å². The maximum atomic E-state index is 12.3. The van der Waals surface area contributed by atoms with E-state index in [2.05, 4.69) is 5.32 Å². The lowest BCUT2D eigenvalue weighted by Crippen LogP contribution is -2.56. The second-order valence-electron chi connectivity index (χ2n) is 6.27. The van der Waals surface area contributed by atoms with Gasteiger partial charge < -0.3 is 19.6 Å². The van der Waals surface area contributed by atoms with Crippen molar-refractivity contribution in [3.8, 4) is 0 Å². The molecule has 1 saturated carbocycles. The quantitative estimate of drug-likeness (QED) is 0.888. The molecule has 1 amide bonds. The van der Waals surface area contributed by atoms with Gasteiger partial charge in [0.25, 0.3) is 5.91 Å². The molecule has 6 heteroatoms. The highest BCUT2D eigenvalue weighted by molar-refractivity contribution is 5.93. The van der Waals surface area contributed by atoms with E-state index in [-0.39, 0.29) is 23.5 Å². The fourth-order valence-corrected chi connectivity index (χ4v) is 3.51. The normalized spacial score (nSPS) is 30.8. The number of ether oxygens (including phenoxy) is 1. The average molecular weight is 307 g/mol. The molecule has 2 aliphatic rings. The predicted molar refractivity (Wildman–Crippen MR) is 77.6 cm³/mol. The van der Waals surface area contributed by atoms with Crippen LogP contribution in [-0.2, 0) is 16.0 Å². The van der Waals surface area contributed by atoms with Crippen molar-refractivity contribution in [2.45, 2.75) is 50.7 Å². The highest BCUT2D eigenvalue weighted by atomic mass is 16.5. The van der Waals surface area contributed by atoms with Gasteiger partial charge in [0.05, 0.1) is 17.8 Å². The van der Waals surface area contributed by atoms with E-state index >= 15 is 0 Å². The molecule has 0 aromatic carbocycles. The maximum Gasteiger partial charge on any atom is 0.306 e. The summed E-state index contributed by atoms with van der Waals surface area (Å²) in [5, 5.41) is 12.0. The Kier molecular flexibility index (Phi) is 3.95. The van der Waals surface area contributed by atoms with Crippen LogP contribution in [0.2, 0.25) is 0 Å². The van der Waals surface area contributed by atoms with Gasteiger partial charge in [0.15, 0.2) is 5.76 Å². The summed E-state index contributed by atoms with van der Waals surface area (Å²) in [4.78, 5) is 23.3. The number of hydrogen-bond acceptors (Lipinski definition) is 4.